The van der Waals surface area contributed by atoms with Gasteiger partial charge < -0.3 is 0 Å². The van der Waals surface area contributed by atoms with Crippen LogP contribution in [0.5, 0.6) is 0 Å². The second-order valence-corrected chi connectivity index (χ2v) is 4.86. The molecule has 0 atom stereocenters. The average molecular weight is 268 g/mol. The Hall–Kier alpha value is -2.16. The summed E-state index contributed by atoms with van der Waals surface area (Å²) in [4.78, 5) is 4.18. The minimum atomic E-state index is 1.06. The molecular formula is C17H22N3+. The second-order valence-electron chi connectivity index (χ2n) is 4.86. The third-order valence-electron chi connectivity index (χ3n) is 3.63. The second kappa shape index (κ2) is 6.33. The number of aromatic nitrogens is 3. The van der Waals surface area contributed by atoms with Crippen molar-refractivity contribution >= 4 is 10.9 Å². The topological polar surface area (TPSA) is 21.7 Å². The van der Waals surface area contributed by atoms with E-state index in [-0.39, 0.29) is 0 Å². The van der Waals surface area contributed by atoms with E-state index in [4.69, 9.17) is 0 Å². The number of fused-ring (bicyclic) bond motifs is 1. The predicted octanol–water partition coefficient (Wildman–Crippen LogP) is 3.18. The Balaban J connectivity index is 0.000000147. The van der Waals surface area contributed by atoms with Gasteiger partial charge in [-0.2, -0.15) is 0 Å². The van der Waals surface area contributed by atoms with Gasteiger partial charge in [-0.25, -0.2) is 9.13 Å². The molecule has 0 fully saturated rings. The lowest BCUT2D eigenvalue weighted by atomic mass is 10.2. The highest BCUT2D eigenvalue weighted by Crippen LogP contribution is 2.07. The van der Waals surface area contributed by atoms with Crippen molar-refractivity contribution in [3.63, 3.8) is 0 Å². The maximum absolute atomic E-state index is 4.18. The molecule has 0 amide bonds. The molecule has 3 rings (SSSR count). The molecule has 1 aromatic carbocycles. The Morgan fingerprint density at radius 1 is 1.10 bits per heavy atom. The normalized spacial score (nSPS) is 10.2. The predicted molar refractivity (Wildman–Crippen MR) is 82.5 cm³/mol. The molecule has 3 heteroatoms. The van der Waals surface area contributed by atoms with Gasteiger partial charge >= 0.3 is 0 Å². The highest BCUT2D eigenvalue weighted by molar-refractivity contribution is 5.77. The zero-order valence-corrected chi connectivity index (χ0v) is 12.7. The van der Waals surface area contributed by atoms with Crippen molar-refractivity contribution in [1.29, 1.82) is 0 Å². The van der Waals surface area contributed by atoms with Crippen molar-refractivity contribution < 1.29 is 4.57 Å². The number of benzene rings is 1. The number of rotatable bonds is 1. The zero-order chi connectivity index (χ0) is 14.5. The van der Waals surface area contributed by atoms with Crippen LogP contribution in [0.1, 0.15) is 18.4 Å². The summed E-state index contributed by atoms with van der Waals surface area (Å²) < 4.78 is 4.44. The zero-order valence-electron chi connectivity index (χ0n) is 12.7. The number of imidazole rings is 1. The molecule has 3 aromatic rings. The molecule has 3 nitrogen and oxygen atoms in total. The Labute approximate surface area is 120 Å². The number of para-hydroxylation sites is 1. The van der Waals surface area contributed by atoms with Crippen molar-refractivity contribution in [2.45, 2.75) is 27.3 Å². The summed E-state index contributed by atoms with van der Waals surface area (Å²) in [6.45, 7) is 7.48. The van der Waals surface area contributed by atoms with E-state index in [2.05, 4.69) is 60.3 Å². The molecule has 104 valence electrons. The summed E-state index contributed by atoms with van der Waals surface area (Å²) in [5, 5.41) is 1.20. The fraction of sp³-hybridized carbons (Fsp3) is 0.294. The first-order valence-corrected chi connectivity index (χ1v) is 6.95. The number of pyridine rings is 1. The highest BCUT2D eigenvalue weighted by Gasteiger charge is 2.10. The summed E-state index contributed by atoms with van der Waals surface area (Å²) >= 11 is 0. The molecule has 0 bridgehead atoms. The SMILES string of the molecule is CC[n+]1cc(C)n(C)c1C.c1ccc2ncccc2c1. The molecule has 0 saturated carbocycles. The molecule has 0 aliphatic rings. The Morgan fingerprint density at radius 2 is 1.80 bits per heavy atom. The maximum atomic E-state index is 4.18. The van der Waals surface area contributed by atoms with Gasteiger partial charge in [0.1, 0.15) is 11.9 Å². The van der Waals surface area contributed by atoms with E-state index >= 15 is 0 Å². The van der Waals surface area contributed by atoms with Gasteiger partial charge in [0.15, 0.2) is 0 Å². The van der Waals surface area contributed by atoms with Crippen LogP contribution in [0.2, 0.25) is 0 Å². The number of nitrogens with zero attached hydrogens (tertiary/aromatic N) is 3. The molecule has 0 saturated heterocycles. The largest absolute Gasteiger partial charge is 0.256 e. The van der Waals surface area contributed by atoms with Crippen LogP contribution < -0.4 is 4.57 Å². The molecule has 0 spiro atoms. The first-order chi connectivity index (χ1) is 9.63. The van der Waals surface area contributed by atoms with Gasteiger partial charge in [0.25, 0.3) is 5.82 Å². The fourth-order valence-corrected chi connectivity index (χ4v) is 2.19. The van der Waals surface area contributed by atoms with E-state index in [9.17, 15) is 0 Å². The molecule has 2 aromatic heterocycles. The molecule has 2 heterocycles. The molecule has 20 heavy (non-hydrogen) atoms. The molecule has 0 aliphatic carbocycles. The van der Waals surface area contributed by atoms with Crippen molar-refractivity contribution in [2.75, 3.05) is 0 Å². The standard InChI is InChI=1S/C9H7N.C8H15N2/c1-2-6-9-8(4-1)5-3-7-10-9;1-5-10-6-7(2)9(4)8(10)3/h1-7H;6H,5H2,1-4H3/q;+1. The number of aryl methyl sites for hydroxylation is 2. The van der Waals surface area contributed by atoms with E-state index in [1.54, 1.807) is 0 Å². The van der Waals surface area contributed by atoms with Crippen molar-refractivity contribution in [1.82, 2.24) is 9.55 Å². The monoisotopic (exact) mass is 268 g/mol. The maximum Gasteiger partial charge on any atom is 0.253 e. The Kier molecular flexibility index (Phi) is 4.51. The van der Waals surface area contributed by atoms with Gasteiger partial charge in [0, 0.05) is 25.4 Å². The van der Waals surface area contributed by atoms with Gasteiger partial charge in [0.2, 0.25) is 0 Å². The number of hydrogen-bond donors (Lipinski definition) is 0. The van der Waals surface area contributed by atoms with E-state index in [0.717, 1.165) is 12.1 Å². The van der Waals surface area contributed by atoms with Crippen LogP contribution in [-0.2, 0) is 13.6 Å². The molecule has 0 aliphatic heterocycles. The minimum absolute atomic E-state index is 1.06. The van der Waals surface area contributed by atoms with Crippen molar-refractivity contribution in [2.24, 2.45) is 7.05 Å². The Morgan fingerprint density at radius 3 is 2.35 bits per heavy atom. The third-order valence-corrected chi connectivity index (χ3v) is 3.63. The lowest BCUT2D eigenvalue weighted by Crippen LogP contribution is -2.33. The minimum Gasteiger partial charge on any atom is -0.256 e. The van der Waals surface area contributed by atoms with Crippen LogP contribution >= 0.6 is 0 Å². The van der Waals surface area contributed by atoms with Gasteiger partial charge in [-0.05, 0) is 19.1 Å². The van der Waals surface area contributed by atoms with Gasteiger partial charge in [0.05, 0.1) is 19.1 Å². The van der Waals surface area contributed by atoms with E-state index < -0.39 is 0 Å². The molecular weight excluding hydrogens is 246 g/mol. The van der Waals surface area contributed by atoms with Gasteiger partial charge in [-0.1, -0.05) is 24.3 Å². The summed E-state index contributed by atoms with van der Waals surface area (Å²) in [7, 11) is 2.09. The molecule has 0 N–H and O–H groups in total. The third kappa shape index (κ3) is 3.05. The summed E-state index contributed by atoms with van der Waals surface area (Å²) in [5.74, 6) is 1.32. The Bertz CT molecular complexity index is 633. The van der Waals surface area contributed by atoms with Crippen molar-refractivity contribution in [3.8, 4) is 0 Å². The fourth-order valence-electron chi connectivity index (χ4n) is 2.19. The molecule has 0 radical (unpaired) electrons. The quantitative estimate of drug-likeness (QED) is 0.621. The lowest BCUT2D eigenvalue weighted by Gasteiger charge is -1.91. The van der Waals surface area contributed by atoms with Gasteiger partial charge in [-0.3, -0.25) is 4.98 Å². The first kappa shape index (κ1) is 14.3. The van der Waals surface area contributed by atoms with Crippen LogP contribution in [-0.4, -0.2) is 9.55 Å². The summed E-state index contributed by atoms with van der Waals surface area (Å²) in [6.07, 6.45) is 3.98. The summed E-state index contributed by atoms with van der Waals surface area (Å²) in [6, 6.07) is 12.1. The van der Waals surface area contributed by atoms with Gasteiger partial charge in [-0.15, -0.1) is 0 Å². The van der Waals surface area contributed by atoms with Crippen LogP contribution in [0.25, 0.3) is 10.9 Å². The van der Waals surface area contributed by atoms with Crippen LogP contribution in [0.15, 0.2) is 48.8 Å². The van der Waals surface area contributed by atoms with E-state index in [1.807, 2.05) is 30.5 Å². The molecule has 0 unspecified atom stereocenters. The highest BCUT2D eigenvalue weighted by atomic mass is 15.1. The van der Waals surface area contributed by atoms with E-state index in [1.165, 1.54) is 16.9 Å². The first-order valence-electron chi connectivity index (χ1n) is 6.95. The van der Waals surface area contributed by atoms with Crippen LogP contribution in [0, 0.1) is 13.8 Å². The number of hydrogen-bond acceptors (Lipinski definition) is 1. The van der Waals surface area contributed by atoms with Crippen LogP contribution in [0.3, 0.4) is 0 Å². The smallest absolute Gasteiger partial charge is 0.253 e. The van der Waals surface area contributed by atoms with E-state index in [0.29, 0.717) is 0 Å². The summed E-state index contributed by atoms with van der Waals surface area (Å²) in [5.41, 5.74) is 2.38. The lowest BCUT2D eigenvalue weighted by molar-refractivity contribution is -0.699. The average Bonchev–Trinajstić information content (AvgIpc) is 2.75. The van der Waals surface area contributed by atoms with Crippen LogP contribution in [0.4, 0.5) is 0 Å². The van der Waals surface area contributed by atoms with Crippen molar-refractivity contribution in [3.05, 3.63) is 60.3 Å².